The minimum Gasteiger partial charge on any atom is -0.480 e. The normalized spacial score (nSPS) is 14.4. The fourth-order valence-electron chi connectivity index (χ4n) is 5.52. The van der Waals surface area contributed by atoms with E-state index in [-0.39, 0.29) is 23.9 Å². The molecule has 1 saturated carbocycles. The van der Waals surface area contributed by atoms with Gasteiger partial charge in [0.2, 0.25) is 0 Å². The molecule has 1 aliphatic carbocycles. The van der Waals surface area contributed by atoms with Crippen LogP contribution in [0.2, 0.25) is 0 Å². The molecule has 260 valence electrons. The van der Waals surface area contributed by atoms with Gasteiger partial charge in [0.05, 0.1) is 20.8 Å². The van der Waals surface area contributed by atoms with Crippen LogP contribution >= 0.6 is 11.3 Å². The third kappa shape index (κ3) is 10.4. The second kappa shape index (κ2) is 16.6. The van der Waals surface area contributed by atoms with Crippen LogP contribution in [0.4, 0.5) is 19.7 Å². The van der Waals surface area contributed by atoms with E-state index in [1.807, 2.05) is 18.3 Å². The second-order valence-corrected chi connectivity index (χ2v) is 13.8. The zero-order valence-electron chi connectivity index (χ0n) is 27.9. The number of pyridine rings is 2. The minimum absolute atomic E-state index is 0.0102. The van der Waals surface area contributed by atoms with Gasteiger partial charge in [-0.25, -0.2) is 14.0 Å². The molecule has 4 aromatic rings. The maximum absolute atomic E-state index is 15.0. The molecule has 0 saturated heterocycles. The summed E-state index contributed by atoms with van der Waals surface area (Å²) in [6.07, 6.45) is 9.80. The quantitative estimate of drug-likeness (QED) is 0.0806. The molecule has 49 heavy (non-hydrogen) atoms. The highest BCUT2D eigenvalue weighted by molar-refractivity contribution is 7.22. The third-order valence-corrected chi connectivity index (χ3v) is 9.81. The number of carbonyl (C=O) groups excluding carboxylic acids is 2. The smallest absolute Gasteiger partial charge is 0.323 e. The Balaban J connectivity index is 1.17. The lowest BCUT2D eigenvalue weighted by Gasteiger charge is -2.24. The molecular formula is C36H43FN6O5S. The number of benzene rings is 1. The Bertz CT molecular complexity index is 1760. The van der Waals surface area contributed by atoms with Gasteiger partial charge in [-0.2, -0.15) is 0 Å². The van der Waals surface area contributed by atoms with Crippen molar-refractivity contribution in [3.63, 3.8) is 0 Å². The van der Waals surface area contributed by atoms with Gasteiger partial charge in [-0.1, -0.05) is 33.3 Å². The second-order valence-electron chi connectivity index (χ2n) is 12.7. The number of rotatable bonds is 16. The molecule has 1 aliphatic rings. The first kappa shape index (κ1) is 35.5. The molecular weight excluding hydrogens is 647 g/mol. The molecule has 11 nitrogen and oxygen atoms in total. The number of ether oxygens (including phenoxy) is 1. The Kier molecular flexibility index (Phi) is 12.0. The van der Waals surface area contributed by atoms with Crippen molar-refractivity contribution in [3.8, 4) is 22.1 Å². The van der Waals surface area contributed by atoms with Gasteiger partial charge in [-0.3, -0.25) is 14.8 Å². The highest BCUT2D eigenvalue weighted by Gasteiger charge is 2.23. The van der Waals surface area contributed by atoms with Crippen LogP contribution in [-0.4, -0.2) is 51.7 Å². The predicted octanol–water partition coefficient (Wildman–Crippen LogP) is 7.72. The number of hydrogen-bond acceptors (Lipinski definition) is 7. The summed E-state index contributed by atoms with van der Waals surface area (Å²) in [6, 6.07) is 11.5. The van der Waals surface area contributed by atoms with Gasteiger partial charge < -0.3 is 31.1 Å². The van der Waals surface area contributed by atoms with E-state index in [0.717, 1.165) is 71.3 Å². The fraction of sp³-hybridized carbons (Fsp3) is 0.417. The van der Waals surface area contributed by atoms with Crippen LogP contribution in [-0.2, 0) is 11.2 Å². The number of carboxylic acids is 1. The number of nitrogens with zero attached hydrogens (tertiary/aromatic N) is 2. The van der Waals surface area contributed by atoms with Crippen LogP contribution in [0.3, 0.4) is 0 Å². The standard InChI is InChI=1S/C36H43FN6O5S/c1-4-5-24(41-35(46)40-20-33(44)45)8-6-21(2)22(3)16-23-7-12-28(39-19-23)32-18-29-34(49-32)31(14-15-38-29)48-30-13-11-26(17-27(30)37)43-36(47)42-25-9-10-25/h7,11-15,17-19,21-22,24-25H,4-6,8-10,16,20H2,1-3H3,(H,44,45)(H2,40,41,46)(H2,42,43,47). The average molecular weight is 691 g/mol. The number of urea groups is 2. The Labute approximate surface area is 289 Å². The number of carboxylic acid groups (broad SMARTS) is 1. The molecule has 3 unspecified atom stereocenters. The largest absolute Gasteiger partial charge is 0.480 e. The molecule has 0 radical (unpaired) electrons. The van der Waals surface area contributed by atoms with E-state index < -0.39 is 24.4 Å². The Morgan fingerprint density at radius 3 is 2.51 bits per heavy atom. The van der Waals surface area contributed by atoms with Crippen LogP contribution in [0.5, 0.6) is 11.5 Å². The maximum atomic E-state index is 15.0. The molecule has 1 fully saturated rings. The van der Waals surface area contributed by atoms with Crippen molar-refractivity contribution in [2.24, 2.45) is 11.8 Å². The van der Waals surface area contributed by atoms with Crippen molar-refractivity contribution in [2.75, 3.05) is 11.9 Å². The topological polar surface area (TPSA) is 155 Å². The Morgan fingerprint density at radius 2 is 1.82 bits per heavy atom. The Morgan fingerprint density at radius 1 is 1.00 bits per heavy atom. The van der Waals surface area contributed by atoms with E-state index in [9.17, 15) is 18.8 Å². The fourth-order valence-corrected chi connectivity index (χ4v) is 6.57. The van der Waals surface area contributed by atoms with E-state index in [1.165, 1.54) is 23.5 Å². The Hall–Kier alpha value is -4.78. The summed E-state index contributed by atoms with van der Waals surface area (Å²) in [6.45, 7) is 6.10. The number of anilines is 1. The van der Waals surface area contributed by atoms with Gasteiger partial charge in [0.15, 0.2) is 11.6 Å². The molecule has 0 aliphatic heterocycles. The summed E-state index contributed by atoms with van der Waals surface area (Å²) < 4.78 is 21.7. The lowest BCUT2D eigenvalue weighted by Crippen LogP contribution is -2.44. The first-order valence-corrected chi connectivity index (χ1v) is 17.5. The van der Waals surface area contributed by atoms with E-state index in [0.29, 0.717) is 23.3 Å². The summed E-state index contributed by atoms with van der Waals surface area (Å²) >= 11 is 1.47. The number of carbonyl (C=O) groups is 3. The number of hydrogen-bond donors (Lipinski definition) is 5. The lowest BCUT2D eigenvalue weighted by atomic mass is 9.85. The molecule has 0 bridgehead atoms. The van der Waals surface area contributed by atoms with Gasteiger partial charge >= 0.3 is 18.0 Å². The lowest BCUT2D eigenvalue weighted by molar-refractivity contribution is -0.135. The summed E-state index contributed by atoms with van der Waals surface area (Å²) in [7, 11) is 0. The van der Waals surface area contributed by atoms with Gasteiger partial charge in [0.1, 0.15) is 12.3 Å². The molecule has 1 aromatic carbocycles. The van der Waals surface area contributed by atoms with Crippen LogP contribution in [0.1, 0.15) is 64.9 Å². The molecule has 3 aromatic heterocycles. The molecule has 4 amide bonds. The predicted molar refractivity (Wildman–Crippen MR) is 189 cm³/mol. The number of thiophene rings is 1. The van der Waals surface area contributed by atoms with E-state index in [4.69, 9.17) is 14.8 Å². The van der Waals surface area contributed by atoms with E-state index in [1.54, 1.807) is 18.3 Å². The number of aromatic nitrogens is 2. The number of nitrogens with one attached hydrogen (secondary N) is 4. The number of fused-ring (bicyclic) bond motifs is 1. The van der Waals surface area contributed by atoms with Crippen LogP contribution < -0.4 is 26.0 Å². The van der Waals surface area contributed by atoms with Crippen LogP contribution in [0.15, 0.2) is 54.9 Å². The van der Waals surface area contributed by atoms with Crippen molar-refractivity contribution in [3.05, 3.63) is 66.2 Å². The number of amides is 4. The van der Waals surface area contributed by atoms with Crippen LogP contribution in [0.25, 0.3) is 20.8 Å². The molecule has 13 heteroatoms. The molecule has 5 N–H and O–H groups in total. The third-order valence-electron chi connectivity index (χ3n) is 8.65. The monoisotopic (exact) mass is 690 g/mol. The van der Waals surface area contributed by atoms with E-state index >= 15 is 0 Å². The van der Waals surface area contributed by atoms with Crippen molar-refractivity contribution >= 4 is 45.3 Å². The van der Waals surface area contributed by atoms with Crippen molar-refractivity contribution < 1.29 is 28.6 Å². The molecule has 0 spiro atoms. The van der Waals surface area contributed by atoms with Gasteiger partial charge in [0.25, 0.3) is 0 Å². The SMILES string of the molecule is CCCC(CCC(C)C(C)Cc1ccc(-c2cc3nccc(Oc4ccc(NC(=O)NC5CC5)cc4F)c3s2)nc1)NC(=O)NCC(=O)O. The highest BCUT2D eigenvalue weighted by Crippen LogP contribution is 2.39. The summed E-state index contributed by atoms with van der Waals surface area (Å²) in [5.74, 6) is -0.365. The summed E-state index contributed by atoms with van der Waals surface area (Å²) in [5.41, 5.74) is 2.99. The average Bonchev–Trinajstić information content (AvgIpc) is 3.77. The molecule has 3 atom stereocenters. The van der Waals surface area contributed by atoms with Gasteiger partial charge in [-0.05, 0) is 80.2 Å². The zero-order valence-corrected chi connectivity index (χ0v) is 28.7. The van der Waals surface area contributed by atoms with Gasteiger partial charge in [-0.15, -0.1) is 11.3 Å². The zero-order chi connectivity index (χ0) is 34.9. The van der Waals surface area contributed by atoms with Crippen molar-refractivity contribution in [2.45, 2.75) is 77.8 Å². The highest BCUT2D eigenvalue weighted by atomic mass is 32.1. The first-order valence-electron chi connectivity index (χ1n) is 16.7. The molecule has 5 rings (SSSR count). The first-order chi connectivity index (χ1) is 23.6. The van der Waals surface area contributed by atoms with Crippen LogP contribution in [0, 0.1) is 17.7 Å². The summed E-state index contributed by atoms with van der Waals surface area (Å²) in [5, 5.41) is 19.5. The van der Waals surface area contributed by atoms with Crippen molar-refractivity contribution in [1.29, 1.82) is 0 Å². The van der Waals surface area contributed by atoms with E-state index in [2.05, 4.69) is 53.1 Å². The van der Waals surface area contributed by atoms with Gasteiger partial charge in [0, 0.05) is 42.3 Å². The summed E-state index contributed by atoms with van der Waals surface area (Å²) in [4.78, 5) is 45.0. The number of halogens is 1. The number of aliphatic carboxylic acids is 1. The van der Waals surface area contributed by atoms with Crippen molar-refractivity contribution in [1.82, 2.24) is 25.9 Å². The minimum atomic E-state index is -1.07. The maximum Gasteiger partial charge on any atom is 0.323 e. The molecule has 3 heterocycles.